The van der Waals surface area contributed by atoms with Crippen molar-refractivity contribution in [3.63, 3.8) is 0 Å². The number of halogens is 4. The molecule has 2 aromatic carbocycles. The summed E-state index contributed by atoms with van der Waals surface area (Å²) in [6.45, 7) is 1.60. The number of rotatable bonds is 3. The zero-order valence-electron chi connectivity index (χ0n) is 17.5. The van der Waals surface area contributed by atoms with Crippen molar-refractivity contribution in [3.05, 3.63) is 81.6 Å². The summed E-state index contributed by atoms with van der Waals surface area (Å²) in [7, 11) is 0. The maximum Gasteiger partial charge on any atom is 0.253 e. The van der Waals surface area contributed by atoms with Crippen LogP contribution in [0.1, 0.15) is 19.3 Å². The quantitative estimate of drug-likeness (QED) is 0.237. The van der Waals surface area contributed by atoms with E-state index in [1.54, 1.807) is 30.3 Å². The lowest BCUT2D eigenvalue weighted by Crippen LogP contribution is -2.31. The van der Waals surface area contributed by atoms with Gasteiger partial charge in [0, 0.05) is 36.2 Å². The van der Waals surface area contributed by atoms with E-state index in [4.69, 9.17) is 28.2 Å². The highest BCUT2D eigenvalue weighted by Gasteiger charge is 2.26. The summed E-state index contributed by atoms with van der Waals surface area (Å²) in [6.07, 6.45) is 4.48. The molecule has 1 fully saturated rings. The van der Waals surface area contributed by atoms with Crippen LogP contribution in [0.15, 0.2) is 54.7 Å². The number of fused-ring (bicyclic) bond motifs is 1. The van der Waals surface area contributed by atoms with Gasteiger partial charge in [0.05, 0.1) is 15.6 Å². The van der Waals surface area contributed by atoms with Gasteiger partial charge in [0.15, 0.2) is 6.20 Å². The number of hydrogen-bond acceptors (Lipinski definition) is 3. The Morgan fingerprint density at radius 3 is 2.33 bits per heavy atom. The van der Waals surface area contributed by atoms with Crippen molar-refractivity contribution in [2.45, 2.75) is 19.3 Å². The van der Waals surface area contributed by atoms with Crippen LogP contribution in [-0.4, -0.2) is 18.1 Å². The molecule has 4 nitrogen and oxygen atoms in total. The number of benzene rings is 2. The first kappa shape index (κ1) is 21.9. The van der Waals surface area contributed by atoms with Crippen LogP contribution >= 0.6 is 23.2 Å². The summed E-state index contributed by atoms with van der Waals surface area (Å²) in [5, 5.41) is 14.2. The molecule has 1 aliphatic heterocycles. The van der Waals surface area contributed by atoms with Gasteiger partial charge in [0.25, 0.3) is 5.69 Å². The van der Waals surface area contributed by atoms with Gasteiger partial charge in [-0.2, -0.15) is 4.73 Å². The number of aromatic nitrogens is 2. The molecule has 0 radical (unpaired) electrons. The Kier molecular flexibility index (Phi) is 5.81. The highest BCUT2D eigenvalue weighted by molar-refractivity contribution is 6.39. The highest BCUT2D eigenvalue weighted by Crippen LogP contribution is 2.40. The molecule has 0 N–H and O–H groups in total. The minimum absolute atomic E-state index is 0.186. The average molecular weight is 486 g/mol. The summed E-state index contributed by atoms with van der Waals surface area (Å²) in [5.74, 6) is -0.730. The first-order chi connectivity index (χ1) is 15.9. The summed E-state index contributed by atoms with van der Waals surface area (Å²) in [5.41, 5.74) is 1.63. The van der Waals surface area contributed by atoms with E-state index in [0.29, 0.717) is 42.6 Å². The highest BCUT2D eigenvalue weighted by atomic mass is 35.5. The Balaban J connectivity index is 1.87. The Morgan fingerprint density at radius 2 is 1.64 bits per heavy atom. The predicted octanol–water partition coefficient (Wildman–Crippen LogP) is 6.78. The fourth-order valence-corrected chi connectivity index (χ4v) is 4.96. The van der Waals surface area contributed by atoms with Gasteiger partial charge in [0.1, 0.15) is 23.0 Å². The molecule has 0 bridgehead atoms. The lowest BCUT2D eigenvalue weighted by molar-refractivity contribution is -0.592. The standard InChI is InChI=1S/C25H19Cl2F2N3O/c26-19-5-4-6-20(27)23(19)25-24-17(9-12-32(25)33)18(16-8-7-15(28)13-21(16)29)14-22(30-24)31-10-2-1-3-11-31/h4-9,12-14H,1-3,10-11H2. The largest absolute Gasteiger partial charge is 0.618 e. The fraction of sp³-hybridized carbons (Fsp3) is 0.200. The molecule has 0 spiro atoms. The molecule has 0 atom stereocenters. The molecule has 2 aromatic heterocycles. The summed E-state index contributed by atoms with van der Waals surface area (Å²) in [6, 6.07) is 11.9. The maximum atomic E-state index is 14.9. The van der Waals surface area contributed by atoms with Crippen LogP contribution in [0.2, 0.25) is 10.0 Å². The SMILES string of the molecule is [O-][n+]1ccc2c(-c3ccc(F)cc3F)cc(N3CCCCC3)nc2c1-c1c(Cl)cccc1Cl. The Labute approximate surface area is 199 Å². The molecule has 1 saturated heterocycles. The van der Waals surface area contributed by atoms with E-state index in [0.717, 1.165) is 38.4 Å². The number of piperidine rings is 1. The van der Waals surface area contributed by atoms with E-state index in [2.05, 4.69) is 4.90 Å². The predicted molar refractivity (Wildman–Crippen MR) is 128 cm³/mol. The molecular weight excluding hydrogens is 467 g/mol. The van der Waals surface area contributed by atoms with Gasteiger partial charge in [-0.05, 0) is 55.2 Å². The van der Waals surface area contributed by atoms with Crippen molar-refractivity contribution in [1.82, 2.24) is 4.98 Å². The monoisotopic (exact) mass is 485 g/mol. The molecular formula is C25H19Cl2F2N3O. The molecule has 3 heterocycles. The van der Waals surface area contributed by atoms with Crippen LogP contribution in [0.25, 0.3) is 33.3 Å². The van der Waals surface area contributed by atoms with Crippen LogP contribution in [0.3, 0.4) is 0 Å². The molecule has 0 saturated carbocycles. The summed E-state index contributed by atoms with van der Waals surface area (Å²) < 4.78 is 29.2. The molecule has 168 valence electrons. The first-order valence-corrected chi connectivity index (χ1v) is 11.4. The van der Waals surface area contributed by atoms with E-state index < -0.39 is 11.6 Å². The van der Waals surface area contributed by atoms with Gasteiger partial charge in [-0.3, -0.25) is 0 Å². The van der Waals surface area contributed by atoms with Gasteiger partial charge in [-0.1, -0.05) is 29.3 Å². The third-order valence-corrected chi connectivity index (χ3v) is 6.60. The van der Waals surface area contributed by atoms with E-state index in [-0.39, 0.29) is 11.3 Å². The van der Waals surface area contributed by atoms with Crippen molar-refractivity contribution in [1.29, 1.82) is 0 Å². The lowest BCUT2D eigenvalue weighted by Gasteiger charge is -2.28. The van der Waals surface area contributed by atoms with Gasteiger partial charge < -0.3 is 10.1 Å². The van der Waals surface area contributed by atoms with Crippen molar-refractivity contribution in [3.8, 4) is 22.4 Å². The second-order valence-corrected chi connectivity index (χ2v) is 8.86. The minimum atomic E-state index is -0.691. The fourth-order valence-electron chi connectivity index (χ4n) is 4.38. The second kappa shape index (κ2) is 8.76. The summed E-state index contributed by atoms with van der Waals surface area (Å²) >= 11 is 12.9. The smallest absolute Gasteiger partial charge is 0.253 e. The van der Waals surface area contributed by atoms with E-state index in [1.165, 1.54) is 18.3 Å². The zero-order valence-corrected chi connectivity index (χ0v) is 19.0. The molecule has 8 heteroatoms. The number of anilines is 1. The van der Waals surface area contributed by atoms with Gasteiger partial charge >= 0.3 is 0 Å². The topological polar surface area (TPSA) is 43.1 Å². The number of pyridine rings is 2. The molecule has 0 amide bonds. The number of hydrogen-bond donors (Lipinski definition) is 0. The normalized spacial score (nSPS) is 14.1. The van der Waals surface area contributed by atoms with E-state index in [1.807, 2.05) is 0 Å². The Morgan fingerprint density at radius 1 is 0.909 bits per heavy atom. The van der Waals surface area contributed by atoms with Crippen LogP contribution in [0, 0.1) is 16.8 Å². The zero-order chi connectivity index (χ0) is 23.1. The second-order valence-electron chi connectivity index (χ2n) is 8.05. The van der Waals surface area contributed by atoms with Crippen molar-refractivity contribution >= 4 is 39.9 Å². The molecule has 33 heavy (non-hydrogen) atoms. The van der Waals surface area contributed by atoms with Crippen molar-refractivity contribution < 1.29 is 13.5 Å². The lowest BCUT2D eigenvalue weighted by atomic mass is 9.98. The maximum absolute atomic E-state index is 14.9. The van der Waals surface area contributed by atoms with Gasteiger partial charge in [-0.25, -0.2) is 13.8 Å². The van der Waals surface area contributed by atoms with Gasteiger partial charge in [-0.15, -0.1) is 0 Å². The van der Waals surface area contributed by atoms with E-state index in [9.17, 15) is 14.0 Å². The van der Waals surface area contributed by atoms with Crippen molar-refractivity contribution in [2.24, 2.45) is 0 Å². The minimum Gasteiger partial charge on any atom is -0.618 e. The Bertz CT molecular complexity index is 1350. The third kappa shape index (κ3) is 3.98. The van der Waals surface area contributed by atoms with Crippen LogP contribution in [0.4, 0.5) is 14.6 Å². The van der Waals surface area contributed by atoms with Crippen LogP contribution in [0.5, 0.6) is 0 Å². The van der Waals surface area contributed by atoms with Crippen molar-refractivity contribution in [2.75, 3.05) is 18.0 Å². The van der Waals surface area contributed by atoms with Crippen LogP contribution < -0.4 is 9.63 Å². The number of nitrogens with zero attached hydrogens (tertiary/aromatic N) is 3. The Hall–Kier alpha value is -2.96. The summed E-state index contributed by atoms with van der Waals surface area (Å²) in [4.78, 5) is 6.96. The third-order valence-electron chi connectivity index (χ3n) is 5.97. The molecule has 1 aliphatic rings. The molecule has 0 aliphatic carbocycles. The molecule has 5 rings (SSSR count). The van der Waals surface area contributed by atoms with Gasteiger partial charge in [0.2, 0.25) is 0 Å². The average Bonchev–Trinajstić information content (AvgIpc) is 2.80. The molecule has 4 aromatic rings. The van der Waals surface area contributed by atoms with Crippen LogP contribution in [-0.2, 0) is 0 Å². The molecule has 0 unspecified atom stereocenters. The first-order valence-electron chi connectivity index (χ1n) is 10.7. The van der Waals surface area contributed by atoms with E-state index >= 15 is 0 Å².